The van der Waals surface area contributed by atoms with Crippen molar-refractivity contribution >= 4 is 11.6 Å². The van der Waals surface area contributed by atoms with Gasteiger partial charge in [0.15, 0.2) is 0 Å². The zero-order valence-corrected chi connectivity index (χ0v) is 12.1. The molecule has 0 amide bonds. The molecule has 0 unspecified atom stereocenters. The van der Waals surface area contributed by atoms with E-state index in [-0.39, 0.29) is 0 Å². The van der Waals surface area contributed by atoms with E-state index < -0.39 is 0 Å². The Hall–Kier alpha value is -1.40. The molecule has 2 aromatic rings. The molecule has 0 aliphatic carbocycles. The molecule has 0 fully saturated rings. The summed E-state index contributed by atoms with van der Waals surface area (Å²) < 4.78 is 3.68. The number of nitrogens with one attached hydrogen (secondary N) is 1. The van der Waals surface area contributed by atoms with E-state index in [9.17, 15) is 0 Å². The third-order valence-corrected chi connectivity index (χ3v) is 3.44. The molecular weight excluding hydrogens is 264 g/mol. The van der Waals surface area contributed by atoms with Gasteiger partial charge in [0.25, 0.3) is 0 Å². The van der Waals surface area contributed by atoms with E-state index in [1.54, 1.807) is 6.20 Å². The first-order valence-electron chi connectivity index (χ1n) is 6.47. The highest BCUT2D eigenvalue weighted by molar-refractivity contribution is 6.31. The van der Waals surface area contributed by atoms with Crippen LogP contribution in [-0.2, 0) is 26.6 Å². The minimum Gasteiger partial charge on any atom is -0.311 e. The molecule has 0 atom stereocenters. The third kappa shape index (κ3) is 3.54. The monoisotopic (exact) mass is 282 g/mol. The van der Waals surface area contributed by atoms with E-state index in [1.165, 1.54) is 0 Å². The summed E-state index contributed by atoms with van der Waals surface area (Å²) in [6.07, 6.45) is 5.42. The summed E-state index contributed by atoms with van der Waals surface area (Å²) in [6, 6.07) is 0. The van der Waals surface area contributed by atoms with Gasteiger partial charge in [-0.05, 0) is 19.4 Å². The summed E-state index contributed by atoms with van der Waals surface area (Å²) in [4.78, 5) is 0. The smallest absolute Gasteiger partial charge is 0.0863 e. The highest BCUT2D eigenvalue weighted by atomic mass is 35.5. The molecule has 0 aromatic carbocycles. The van der Waals surface area contributed by atoms with Crippen LogP contribution in [0.4, 0.5) is 0 Å². The fourth-order valence-corrected chi connectivity index (χ4v) is 2.30. The lowest BCUT2D eigenvalue weighted by atomic mass is 10.3. The highest BCUT2D eigenvalue weighted by Crippen LogP contribution is 2.20. The molecule has 2 heterocycles. The molecule has 19 heavy (non-hydrogen) atoms. The fourth-order valence-electron chi connectivity index (χ4n) is 1.94. The van der Waals surface area contributed by atoms with Crippen molar-refractivity contribution in [2.24, 2.45) is 7.05 Å². The lowest BCUT2D eigenvalue weighted by molar-refractivity contribution is 0.523. The Morgan fingerprint density at radius 3 is 2.89 bits per heavy atom. The van der Waals surface area contributed by atoms with Crippen LogP contribution in [0.15, 0.2) is 12.4 Å². The molecule has 0 spiro atoms. The second-order valence-corrected chi connectivity index (χ2v) is 4.76. The van der Waals surface area contributed by atoms with E-state index in [2.05, 4.69) is 27.7 Å². The van der Waals surface area contributed by atoms with Gasteiger partial charge in [-0.3, -0.25) is 9.36 Å². The van der Waals surface area contributed by atoms with Crippen molar-refractivity contribution in [2.45, 2.75) is 32.9 Å². The van der Waals surface area contributed by atoms with Gasteiger partial charge in [-0.1, -0.05) is 23.7 Å². The molecule has 2 rings (SSSR count). The van der Waals surface area contributed by atoms with Crippen LogP contribution in [0.1, 0.15) is 24.7 Å². The highest BCUT2D eigenvalue weighted by Gasteiger charge is 2.11. The molecule has 0 radical (unpaired) electrons. The Morgan fingerprint density at radius 2 is 2.26 bits per heavy atom. The van der Waals surface area contributed by atoms with Gasteiger partial charge in [-0.25, -0.2) is 0 Å². The second-order valence-electron chi connectivity index (χ2n) is 4.38. The van der Waals surface area contributed by atoms with Crippen LogP contribution >= 0.6 is 11.6 Å². The summed E-state index contributed by atoms with van der Waals surface area (Å²) in [5.41, 5.74) is 2.00. The Bertz CT molecular complexity index is 505. The Balaban J connectivity index is 1.75. The van der Waals surface area contributed by atoms with Gasteiger partial charge in [-0.2, -0.15) is 5.10 Å². The van der Waals surface area contributed by atoms with E-state index >= 15 is 0 Å². The van der Waals surface area contributed by atoms with Crippen LogP contribution in [0.2, 0.25) is 5.02 Å². The molecule has 1 N–H and O–H groups in total. The average Bonchev–Trinajstić information content (AvgIpc) is 3.00. The van der Waals surface area contributed by atoms with E-state index in [4.69, 9.17) is 11.6 Å². The lowest BCUT2D eigenvalue weighted by Crippen LogP contribution is -2.18. The Labute approximate surface area is 117 Å². The predicted octanol–water partition coefficient (Wildman–Crippen LogP) is 1.41. The van der Waals surface area contributed by atoms with E-state index in [0.29, 0.717) is 0 Å². The van der Waals surface area contributed by atoms with Gasteiger partial charge < -0.3 is 5.32 Å². The maximum Gasteiger partial charge on any atom is 0.0863 e. The van der Waals surface area contributed by atoms with Crippen LogP contribution in [0, 0.1) is 0 Å². The van der Waals surface area contributed by atoms with Gasteiger partial charge in [0.2, 0.25) is 0 Å². The number of hydrogen-bond donors (Lipinski definition) is 1. The molecule has 7 heteroatoms. The minimum absolute atomic E-state index is 0.736. The third-order valence-electron chi connectivity index (χ3n) is 3.01. The lowest BCUT2D eigenvalue weighted by Gasteiger charge is -2.05. The van der Waals surface area contributed by atoms with Crippen molar-refractivity contribution < 1.29 is 0 Å². The van der Waals surface area contributed by atoms with Crippen LogP contribution in [0.25, 0.3) is 0 Å². The van der Waals surface area contributed by atoms with Gasteiger partial charge in [0.05, 0.1) is 22.6 Å². The number of hydrogen-bond acceptors (Lipinski definition) is 4. The van der Waals surface area contributed by atoms with Gasteiger partial charge in [0, 0.05) is 26.3 Å². The molecule has 0 bridgehead atoms. The van der Waals surface area contributed by atoms with Crippen LogP contribution < -0.4 is 5.32 Å². The SMILES string of the molecule is CCc1nn(C)c(CNCCCn2ccnn2)c1Cl. The topological polar surface area (TPSA) is 60.6 Å². The van der Waals surface area contributed by atoms with Crippen molar-refractivity contribution in [3.8, 4) is 0 Å². The summed E-state index contributed by atoms with van der Waals surface area (Å²) in [6.45, 7) is 4.57. The van der Waals surface area contributed by atoms with Crippen molar-refractivity contribution in [3.63, 3.8) is 0 Å². The molecular formula is C12H19ClN6. The molecule has 0 aliphatic heterocycles. The van der Waals surface area contributed by atoms with Crippen molar-refractivity contribution in [1.82, 2.24) is 30.1 Å². The van der Waals surface area contributed by atoms with Crippen molar-refractivity contribution in [3.05, 3.63) is 28.8 Å². The zero-order valence-electron chi connectivity index (χ0n) is 11.3. The van der Waals surface area contributed by atoms with Crippen LogP contribution in [-0.4, -0.2) is 31.3 Å². The zero-order chi connectivity index (χ0) is 13.7. The number of aryl methyl sites for hydroxylation is 3. The quantitative estimate of drug-likeness (QED) is 0.780. The van der Waals surface area contributed by atoms with Gasteiger partial charge >= 0.3 is 0 Å². The number of aromatic nitrogens is 5. The maximum atomic E-state index is 6.28. The largest absolute Gasteiger partial charge is 0.311 e. The van der Waals surface area contributed by atoms with E-state index in [0.717, 1.165) is 48.9 Å². The number of halogens is 1. The van der Waals surface area contributed by atoms with Crippen LogP contribution in [0.3, 0.4) is 0 Å². The van der Waals surface area contributed by atoms with Gasteiger partial charge in [-0.15, -0.1) is 5.10 Å². The van der Waals surface area contributed by atoms with Gasteiger partial charge in [0.1, 0.15) is 0 Å². The Kier molecular flexibility index (Phi) is 4.93. The first kappa shape index (κ1) is 14.0. The molecule has 0 aliphatic rings. The first-order chi connectivity index (χ1) is 9.22. The first-order valence-corrected chi connectivity index (χ1v) is 6.85. The molecule has 2 aromatic heterocycles. The van der Waals surface area contributed by atoms with E-state index in [1.807, 2.05) is 22.6 Å². The van der Waals surface area contributed by atoms with Crippen molar-refractivity contribution in [2.75, 3.05) is 6.54 Å². The summed E-state index contributed by atoms with van der Waals surface area (Å²) in [7, 11) is 1.93. The molecule has 0 saturated carbocycles. The van der Waals surface area contributed by atoms with Crippen LogP contribution in [0.5, 0.6) is 0 Å². The molecule has 104 valence electrons. The normalized spacial score (nSPS) is 11.1. The molecule has 0 saturated heterocycles. The van der Waals surface area contributed by atoms with Crippen molar-refractivity contribution in [1.29, 1.82) is 0 Å². The predicted molar refractivity (Wildman–Crippen MR) is 73.9 cm³/mol. The standard InChI is InChI=1S/C12H19ClN6/c1-3-10-12(13)11(18(2)16-10)9-14-5-4-7-19-8-6-15-17-19/h6,8,14H,3-5,7,9H2,1-2H3. The number of nitrogens with zero attached hydrogens (tertiary/aromatic N) is 5. The summed E-state index contributed by atoms with van der Waals surface area (Å²) >= 11 is 6.28. The maximum absolute atomic E-state index is 6.28. The average molecular weight is 283 g/mol. The second kappa shape index (κ2) is 6.68. The minimum atomic E-state index is 0.736. The molecule has 6 nitrogen and oxygen atoms in total. The summed E-state index contributed by atoms with van der Waals surface area (Å²) in [5, 5.41) is 16.2. The fraction of sp³-hybridized carbons (Fsp3) is 0.583. The summed E-state index contributed by atoms with van der Waals surface area (Å²) in [5.74, 6) is 0. The Morgan fingerprint density at radius 1 is 1.42 bits per heavy atom. The number of rotatable bonds is 7.